The molecule has 8 heteroatoms. The molecule has 27 heavy (non-hydrogen) atoms. The van der Waals surface area contributed by atoms with Gasteiger partial charge >= 0.3 is 5.97 Å². The van der Waals surface area contributed by atoms with Crippen LogP contribution in [0, 0.1) is 0 Å². The number of aryl methyl sites for hydroxylation is 1. The lowest BCUT2D eigenvalue weighted by atomic mass is 10.1. The monoisotopic (exact) mass is 408 g/mol. The van der Waals surface area contributed by atoms with Crippen LogP contribution >= 0.6 is 23.2 Å². The number of nitrogens with zero attached hydrogens (tertiary/aromatic N) is 1. The minimum absolute atomic E-state index is 0.0860. The van der Waals surface area contributed by atoms with Gasteiger partial charge in [0, 0.05) is 18.0 Å². The predicted octanol–water partition coefficient (Wildman–Crippen LogP) is 4.62. The molecule has 5 nitrogen and oxygen atoms in total. The van der Waals surface area contributed by atoms with Gasteiger partial charge in [-0.15, -0.1) is 0 Å². The van der Waals surface area contributed by atoms with Gasteiger partial charge in [-0.2, -0.15) is 0 Å². The molecule has 0 bridgehead atoms. The van der Waals surface area contributed by atoms with Crippen LogP contribution in [0.2, 0.25) is 10.0 Å². The second-order valence-corrected chi connectivity index (χ2v) is 6.78. The molecule has 1 heterocycles. The summed E-state index contributed by atoms with van der Waals surface area (Å²) in [5, 5.41) is 12.9. The molecule has 0 aliphatic heterocycles. The Hall–Kier alpha value is -2.57. The maximum Gasteiger partial charge on any atom is 0.335 e. The zero-order valence-corrected chi connectivity index (χ0v) is 15.7. The maximum absolute atomic E-state index is 13.5. The zero-order valence-electron chi connectivity index (χ0n) is 14.2. The summed E-state index contributed by atoms with van der Waals surface area (Å²) in [7, 11) is 1.70. The molecule has 140 valence electrons. The van der Waals surface area contributed by atoms with Gasteiger partial charge in [0.05, 0.1) is 21.7 Å². The number of benzene rings is 2. The quantitative estimate of drug-likeness (QED) is 0.646. The maximum atomic E-state index is 13.5. The van der Waals surface area contributed by atoms with Crippen molar-refractivity contribution in [3.05, 3.63) is 69.3 Å². The van der Waals surface area contributed by atoms with E-state index in [9.17, 15) is 14.0 Å². The second-order valence-electron chi connectivity index (χ2n) is 5.99. The molecular formula is C19H15Cl2FN2O3. The summed E-state index contributed by atoms with van der Waals surface area (Å²) in [5.74, 6) is -1.56. The highest BCUT2D eigenvalue weighted by Gasteiger charge is 2.20. The fourth-order valence-corrected chi connectivity index (χ4v) is 3.25. The largest absolute Gasteiger partial charge is 0.478 e. The van der Waals surface area contributed by atoms with E-state index < -0.39 is 24.6 Å². The summed E-state index contributed by atoms with van der Waals surface area (Å²) in [6.45, 7) is -0.839. The van der Waals surface area contributed by atoms with Crippen molar-refractivity contribution in [3.63, 3.8) is 0 Å². The molecule has 1 unspecified atom stereocenters. The van der Waals surface area contributed by atoms with Crippen molar-refractivity contribution >= 4 is 46.0 Å². The molecule has 0 aliphatic carbocycles. The summed E-state index contributed by atoms with van der Waals surface area (Å²) >= 11 is 12.2. The molecule has 1 atom stereocenters. The highest BCUT2D eigenvalue weighted by Crippen LogP contribution is 2.32. The Bertz CT molecular complexity index is 1030. The Kier molecular flexibility index (Phi) is 5.39. The van der Waals surface area contributed by atoms with Crippen LogP contribution < -0.4 is 5.32 Å². The molecule has 3 aromatic rings. The Balaban J connectivity index is 1.89. The molecular weight excluding hydrogens is 394 g/mol. The first-order valence-electron chi connectivity index (χ1n) is 7.97. The fraction of sp³-hybridized carbons (Fsp3) is 0.158. The molecule has 3 rings (SSSR count). The minimum atomic E-state index is -1.08. The molecule has 0 saturated carbocycles. The first-order valence-corrected chi connectivity index (χ1v) is 8.72. The number of carboxylic acid groups (broad SMARTS) is 1. The van der Waals surface area contributed by atoms with Gasteiger partial charge in [-0.3, -0.25) is 4.79 Å². The predicted molar refractivity (Wildman–Crippen MR) is 103 cm³/mol. The Morgan fingerprint density at radius 3 is 2.44 bits per heavy atom. The summed E-state index contributed by atoms with van der Waals surface area (Å²) < 4.78 is 15.2. The van der Waals surface area contributed by atoms with Crippen LogP contribution in [-0.4, -0.2) is 28.2 Å². The number of carboxylic acids is 1. The van der Waals surface area contributed by atoms with Crippen molar-refractivity contribution in [1.82, 2.24) is 9.88 Å². The van der Waals surface area contributed by atoms with Crippen LogP contribution in [0.5, 0.6) is 0 Å². The Labute approximate surface area is 164 Å². The van der Waals surface area contributed by atoms with E-state index in [2.05, 4.69) is 5.32 Å². The van der Waals surface area contributed by atoms with Gasteiger partial charge < -0.3 is 15.0 Å². The third kappa shape index (κ3) is 3.63. The number of carbonyl (C=O) groups excluding carboxylic acids is 1. The number of aromatic nitrogens is 1. The number of amides is 1. The number of alkyl halides is 1. The smallest absolute Gasteiger partial charge is 0.335 e. The van der Waals surface area contributed by atoms with Crippen LogP contribution in [0.25, 0.3) is 10.9 Å². The van der Waals surface area contributed by atoms with Gasteiger partial charge in [0.2, 0.25) is 0 Å². The molecule has 0 aliphatic rings. The average molecular weight is 409 g/mol. The van der Waals surface area contributed by atoms with E-state index in [-0.39, 0.29) is 5.56 Å². The van der Waals surface area contributed by atoms with Gasteiger partial charge in [0.25, 0.3) is 5.91 Å². The van der Waals surface area contributed by atoms with E-state index in [1.165, 1.54) is 24.3 Å². The van der Waals surface area contributed by atoms with Crippen LogP contribution in [0.15, 0.2) is 42.5 Å². The molecule has 1 amide bonds. The van der Waals surface area contributed by atoms with E-state index in [1.54, 1.807) is 29.8 Å². The van der Waals surface area contributed by atoms with E-state index in [0.717, 1.165) is 5.52 Å². The number of hydrogen-bond donors (Lipinski definition) is 2. The molecule has 1 aromatic heterocycles. The normalized spacial score (nSPS) is 12.1. The highest BCUT2D eigenvalue weighted by molar-refractivity contribution is 6.45. The number of fused-ring (bicyclic) bond motifs is 1. The van der Waals surface area contributed by atoms with Crippen LogP contribution in [0.1, 0.15) is 32.5 Å². The standard InChI is InChI=1S/C19H15Cl2FN2O3/c1-24-15-7-6-13(20)17(21)12(15)8-16(24)18(25)23-14(9-22)10-2-4-11(5-3-10)19(26)27/h2-8,14H,9H2,1H3,(H,23,25)(H,26,27). The van der Waals surface area contributed by atoms with Crippen molar-refractivity contribution in [2.75, 3.05) is 6.67 Å². The van der Waals surface area contributed by atoms with Crippen molar-refractivity contribution in [1.29, 1.82) is 0 Å². The zero-order chi connectivity index (χ0) is 19.7. The van der Waals surface area contributed by atoms with Crippen molar-refractivity contribution in [3.8, 4) is 0 Å². The van der Waals surface area contributed by atoms with Gasteiger partial charge in [-0.05, 0) is 35.9 Å². The molecule has 2 aromatic carbocycles. The SMILES string of the molecule is Cn1c(C(=O)NC(CF)c2ccc(C(=O)O)cc2)cc2c(Cl)c(Cl)ccc21. The fourth-order valence-electron chi connectivity index (χ4n) is 2.87. The van der Waals surface area contributed by atoms with Crippen LogP contribution in [0.3, 0.4) is 0 Å². The van der Waals surface area contributed by atoms with Crippen molar-refractivity contribution < 1.29 is 19.1 Å². The summed E-state index contributed by atoms with van der Waals surface area (Å²) in [6, 6.07) is 9.77. The van der Waals surface area contributed by atoms with Crippen molar-refractivity contribution in [2.24, 2.45) is 7.05 Å². The average Bonchev–Trinajstić information content (AvgIpc) is 3.00. The number of nitrogens with one attached hydrogen (secondary N) is 1. The van der Waals surface area contributed by atoms with Crippen LogP contribution in [0.4, 0.5) is 4.39 Å². The van der Waals surface area contributed by atoms with Gasteiger partial charge in [0.15, 0.2) is 0 Å². The molecule has 0 fully saturated rings. The summed E-state index contributed by atoms with van der Waals surface area (Å²) in [5.41, 5.74) is 1.57. The lowest BCUT2D eigenvalue weighted by Gasteiger charge is -2.16. The number of halogens is 3. The molecule has 0 spiro atoms. The number of carbonyl (C=O) groups is 2. The van der Waals surface area contributed by atoms with Gasteiger partial charge in [-0.25, -0.2) is 9.18 Å². The second kappa shape index (κ2) is 7.58. The first kappa shape index (κ1) is 19.2. The third-order valence-electron chi connectivity index (χ3n) is 4.37. The topological polar surface area (TPSA) is 71.3 Å². The lowest BCUT2D eigenvalue weighted by Crippen LogP contribution is -2.31. The number of aromatic carboxylic acids is 1. The molecule has 0 saturated heterocycles. The first-order chi connectivity index (χ1) is 12.8. The summed E-state index contributed by atoms with van der Waals surface area (Å²) in [6.07, 6.45) is 0. The molecule has 2 N–H and O–H groups in total. The number of hydrogen-bond acceptors (Lipinski definition) is 2. The molecule has 0 radical (unpaired) electrons. The van der Waals surface area contributed by atoms with Crippen molar-refractivity contribution in [2.45, 2.75) is 6.04 Å². The Morgan fingerprint density at radius 1 is 1.19 bits per heavy atom. The van der Waals surface area contributed by atoms with E-state index in [1.807, 2.05) is 0 Å². The third-order valence-corrected chi connectivity index (χ3v) is 5.18. The minimum Gasteiger partial charge on any atom is -0.478 e. The van der Waals surface area contributed by atoms with E-state index >= 15 is 0 Å². The van der Waals surface area contributed by atoms with Crippen LogP contribution in [-0.2, 0) is 7.05 Å². The highest BCUT2D eigenvalue weighted by atomic mass is 35.5. The lowest BCUT2D eigenvalue weighted by molar-refractivity contribution is 0.0696. The van der Waals surface area contributed by atoms with E-state index in [0.29, 0.717) is 26.7 Å². The van der Waals surface area contributed by atoms with E-state index in [4.69, 9.17) is 28.3 Å². The summed E-state index contributed by atoms with van der Waals surface area (Å²) in [4.78, 5) is 23.6. The van der Waals surface area contributed by atoms with Gasteiger partial charge in [-0.1, -0.05) is 35.3 Å². The van der Waals surface area contributed by atoms with Gasteiger partial charge in [0.1, 0.15) is 12.4 Å². The number of rotatable bonds is 5. The Morgan fingerprint density at radius 2 is 1.85 bits per heavy atom.